The monoisotopic (exact) mass is 490 g/mol. The first-order valence-electron chi connectivity index (χ1n) is 10.5. The van der Waals surface area contributed by atoms with Gasteiger partial charge in [-0.05, 0) is 55.0 Å². The van der Waals surface area contributed by atoms with Gasteiger partial charge in [-0.2, -0.15) is 0 Å². The minimum Gasteiger partial charge on any atom is -0.482 e. The molecule has 4 aromatic rings. The molecule has 1 aliphatic heterocycles. The number of carbonyl (C=O) groups is 2. The largest absolute Gasteiger partial charge is 0.482 e. The number of hydrogen-bond acceptors (Lipinski definition) is 6. The van der Waals surface area contributed by atoms with E-state index in [0.717, 1.165) is 27.5 Å². The maximum atomic E-state index is 12.7. The van der Waals surface area contributed by atoms with Gasteiger partial charge < -0.3 is 10.1 Å². The van der Waals surface area contributed by atoms with E-state index in [1.54, 1.807) is 24.4 Å². The van der Waals surface area contributed by atoms with Gasteiger partial charge in [0, 0.05) is 27.9 Å². The number of carbonyl (C=O) groups excluding carboxylic acids is 2. The van der Waals surface area contributed by atoms with Gasteiger partial charge >= 0.3 is 0 Å². The number of nitrogens with zero attached hydrogens (tertiary/aromatic N) is 3. The Labute approximate surface area is 205 Å². The van der Waals surface area contributed by atoms with Crippen LogP contribution in [0.4, 0.5) is 11.4 Å². The van der Waals surface area contributed by atoms with E-state index in [2.05, 4.69) is 10.3 Å². The third-order valence-corrected chi connectivity index (χ3v) is 6.62. The number of hydrogen-bond donors (Lipinski definition) is 1. The van der Waals surface area contributed by atoms with Crippen molar-refractivity contribution in [1.29, 1.82) is 0 Å². The Morgan fingerprint density at radius 3 is 2.85 bits per heavy atom. The lowest BCUT2D eigenvalue weighted by molar-refractivity contribution is -0.123. The van der Waals surface area contributed by atoms with E-state index >= 15 is 0 Å². The number of fused-ring (bicyclic) bond motifs is 1. The molecule has 0 unspecified atom stereocenters. The minimum atomic E-state index is -0.336. The van der Waals surface area contributed by atoms with E-state index in [9.17, 15) is 9.59 Å². The van der Waals surface area contributed by atoms with Crippen LogP contribution in [0.25, 0.3) is 22.0 Å². The molecular weight excluding hydrogens is 472 g/mol. The third-order valence-electron chi connectivity index (χ3n) is 5.34. The Kier molecular flexibility index (Phi) is 6.00. The standard InChI is InChI=1S/C25H19ClN4O3S/c1-15-5-7-17(11-18(15)26)28-23(31)12-30-21-10-16(6-8-22(21)33-13-24(30)32)20-14-34-25(29-20)19-4-2-3-9-27-19/h2-11,14H,12-13H2,1H3,(H,28,31). The lowest BCUT2D eigenvalue weighted by atomic mass is 10.1. The molecular formula is C25H19ClN4O3S. The maximum Gasteiger partial charge on any atom is 0.265 e. The Balaban J connectivity index is 1.39. The number of benzene rings is 2. The van der Waals surface area contributed by atoms with Crippen molar-refractivity contribution in [3.05, 3.63) is 76.8 Å². The first kappa shape index (κ1) is 22.1. The lowest BCUT2D eigenvalue weighted by Crippen LogP contribution is -2.43. The zero-order valence-electron chi connectivity index (χ0n) is 18.1. The first-order valence-corrected chi connectivity index (χ1v) is 11.7. The number of thiazole rings is 1. The summed E-state index contributed by atoms with van der Waals surface area (Å²) in [6.07, 6.45) is 1.73. The van der Waals surface area contributed by atoms with Gasteiger partial charge in [0.25, 0.3) is 5.91 Å². The van der Waals surface area contributed by atoms with Crippen LogP contribution < -0.4 is 15.0 Å². The Morgan fingerprint density at radius 1 is 1.18 bits per heavy atom. The lowest BCUT2D eigenvalue weighted by Gasteiger charge is -2.29. The molecule has 2 aromatic heterocycles. The normalized spacial score (nSPS) is 12.8. The van der Waals surface area contributed by atoms with Crippen molar-refractivity contribution in [2.24, 2.45) is 0 Å². The Hall–Kier alpha value is -3.75. The molecule has 0 saturated heterocycles. The van der Waals surface area contributed by atoms with Crippen LogP contribution in [0.2, 0.25) is 5.02 Å². The van der Waals surface area contributed by atoms with Gasteiger partial charge in [0.1, 0.15) is 17.3 Å². The molecule has 3 heterocycles. The summed E-state index contributed by atoms with van der Waals surface area (Å²) in [7, 11) is 0. The molecule has 0 fully saturated rings. The van der Waals surface area contributed by atoms with Crippen LogP contribution in [0.1, 0.15) is 5.56 Å². The molecule has 0 radical (unpaired) electrons. The Morgan fingerprint density at radius 2 is 2.06 bits per heavy atom. The number of nitrogens with one attached hydrogen (secondary N) is 1. The van der Waals surface area contributed by atoms with Crippen LogP contribution in [-0.4, -0.2) is 34.9 Å². The fourth-order valence-electron chi connectivity index (χ4n) is 3.56. The van der Waals surface area contributed by atoms with Crippen molar-refractivity contribution in [3.8, 4) is 27.7 Å². The molecule has 0 spiro atoms. The average molecular weight is 491 g/mol. The summed E-state index contributed by atoms with van der Waals surface area (Å²) >= 11 is 7.64. The van der Waals surface area contributed by atoms with E-state index in [1.165, 1.54) is 16.2 Å². The predicted octanol–water partition coefficient (Wildman–Crippen LogP) is 5.20. The zero-order valence-corrected chi connectivity index (χ0v) is 19.7. The second-order valence-corrected chi connectivity index (χ2v) is 8.98. The quantitative estimate of drug-likeness (QED) is 0.415. The highest BCUT2D eigenvalue weighted by molar-refractivity contribution is 7.13. The number of anilines is 2. The molecule has 1 aliphatic rings. The van der Waals surface area contributed by atoms with Gasteiger partial charge in [0.05, 0.1) is 17.1 Å². The van der Waals surface area contributed by atoms with Gasteiger partial charge in [0.15, 0.2) is 6.61 Å². The van der Waals surface area contributed by atoms with Crippen molar-refractivity contribution < 1.29 is 14.3 Å². The van der Waals surface area contributed by atoms with Crippen LogP contribution >= 0.6 is 22.9 Å². The number of halogens is 1. The highest BCUT2D eigenvalue weighted by Gasteiger charge is 2.28. The van der Waals surface area contributed by atoms with Crippen LogP contribution in [0.3, 0.4) is 0 Å². The molecule has 5 rings (SSSR count). The fourth-order valence-corrected chi connectivity index (χ4v) is 4.55. The molecule has 34 heavy (non-hydrogen) atoms. The van der Waals surface area contributed by atoms with Gasteiger partial charge in [0.2, 0.25) is 5.91 Å². The molecule has 0 saturated carbocycles. The van der Waals surface area contributed by atoms with Gasteiger partial charge in [-0.25, -0.2) is 4.98 Å². The summed E-state index contributed by atoms with van der Waals surface area (Å²) in [5.74, 6) is -0.0958. The molecule has 0 bridgehead atoms. The molecule has 9 heteroatoms. The summed E-state index contributed by atoms with van der Waals surface area (Å²) in [4.78, 5) is 35.9. The number of rotatable bonds is 5. The van der Waals surface area contributed by atoms with Crippen molar-refractivity contribution in [2.75, 3.05) is 23.4 Å². The summed E-state index contributed by atoms with van der Waals surface area (Å²) in [5.41, 5.74) is 4.37. The zero-order chi connectivity index (χ0) is 23.7. The predicted molar refractivity (Wildman–Crippen MR) is 133 cm³/mol. The fraction of sp³-hybridized carbons (Fsp3) is 0.120. The number of aromatic nitrogens is 2. The smallest absolute Gasteiger partial charge is 0.265 e. The molecule has 2 aromatic carbocycles. The second-order valence-electron chi connectivity index (χ2n) is 7.72. The number of aryl methyl sites for hydroxylation is 1. The summed E-state index contributed by atoms with van der Waals surface area (Å²) in [5, 5.41) is 6.10. The highest BCUT2D eigenvalue weighted by atomic mass is 35.5. The molecule has 0 aliphatic carbocycles. The topological polar surface area (TPSA) is 84.4 Å². The number of amides is 2. The van der Waals surface area contributed by atoms with E-state index in [4.69, 9.17) is 21.3 Å². The summed E-state index contributed by atoms with van der Waals surface area (Å²) < 4.78 is 5.59. The SMILES string of the molecule is Cc1ccc(NC(=O)CN2C(=O)COc3ccc(-c4csc(-c5ccccn5)n4)cc32)cc1Cl. The first-order chi connectivity index (χ1) is 16.5. The Bertz CT molecular complexity index is 1390. The van der Waals surface area contributed by atoms with E-state index < -0.39 is 0 Å². The van der Waals surface area contributed by atoms with E-state index in [0.29, 0.717) is 22.1 Å². The van der Waals surface area contributed by atoms with Gasteiger partial charge in [-0.15, -0.1) is 11.3 Å². The van der Waals surface area contributed by atoms with Crippen molar-refractivity contribution in [2.45, 2.75) is 6.92 Å². The molecule has 0 atom stereocenters. The summed E-state index contributed by atoms with van der Waals surface area (Å²) in [6, 6.07) is 16.5. The molecule has 7 nitrogen and oxygen atoms in total. The minimum absolute atomic E-state index is 0.128. The van der Waals surface area contributed by atoms with Crippen molar-refractivity contribution >= 4 is 46.1 Å². The van der Waals surface area contributed by atoms with E-state index in [-0.39, 0.29) is 25.0 Å². The van der Waals surface area contributed by atoms with Gasteiger partial charge in [-0.3, -0.25) is 19.5 Å². The molecule has 1 N–H and O–H groups in total. The molecule has 170 valence electrons. The highest BCUT2D eigenvalue weighted by Crippen LogP contribution is 2.37. The average Bonchev–Trinajstić information content (AvgIpc) is 3.34. The van der Waals surface area contributed by atoms with Gasteiger partial charge in [-0.1, -0.05) is 23.7 Å². The van der Waals surface area contributed by atoms with E-state index in [1.807, 2.05) is 48.7 Å². The van der Waals surface area contributed by atoms with Crippen LogP contribution in [0.15, 0.2) is 66.2 Å². The number of pyridine rings is 1. The second kappa shape index (κ2) is 9.24. The van der Waals surface area contributed by atoms with Crippen molar-refractivity contribution in [1.82, 2.24) is 9.97 Å². The maximum absolute atomic E-state index is 12.7. The van der Waals surface area contributed by atoms with Crippen LogP contribution in [-0.2, 0) is 9.59 Å². The van der Waals surface area contributed by atoms with Crippen molar-refractivity contribution in [3.63, 3.8) is 0 Å². The van der Waals surface area contributed by atoms with Crippen LogP contribution in [0.5, 0.6) is 5.75 Å². The van der Waals surface area contributed by atoms with Crippen LogP contribution in [0, 0.1) is 6.92 Å². The third kappa shape index (κ3) is 4.50. The molecule has 2 amide bonds. The number of ether oxygens (including phenoxy) is 1. The summed E-state index contributed by atoms with van der Waals surface area (Å²) in [6.45, 7) is 1.60.